The van der Waals surface area contributed by atoms with Crippen molar-refractivity contribution in [1.82, 2.24) is 5.32 Å². The third-order valence-electron chi connectivity index (χ3n) is 3.28. The summed E-state index contributed by atoms with van der Waals surface area (Å²) in [7, 11) is 0. The van der Waals surface area contributed by atoms with E-state index in [1.807, 2.05) is 12.1 Å². The van der Waals surface area contributed by atoms with Crippen LogP contribution in [-0.2, 0) is 6.54 Å². The van der Waals surface area contributed by atoms with E-state index in [1.165, 1.54) is 36.8 Å². The van der Waals surface area contributed by atoms with Crippen molar-refractivity contribution in [2.75, 3.05) is 6.54 Å². The fourth-order valence-corrected chi connectivity index (χ4v) is 2.23. The molecule has 1 aromatic carbocycles. The SMILES string of the molecule is Cc1cc(Cl)ccc1CNCCCC1CC1. The third-order valence-corrected chi connectivity index (χ3v) is 3.52. The van der Waals surface area contributed by atoms with Gasteiger partial charge in [0.05, 0.1) is 0 Å². The molecule has 0 aliphatic heterocycles. The topological polar surface area (TPSA) is 12.0 Å². The molecule has 1 aliphatic rings. The summed E-state index contributed by atoms with van der Waals surface area (Å²) in [5.41, 5.74) is 2.64. The smallest absolute Gasteiger partial charge is 0.0408 e. The molecule has 88 valence electrons. The molecule has 1 aliphatic carbocycles. The first-order chi connectivity index (χ1) is 7.75. The van der Waals surface area contributed by atoms with Crippen LogP contribution in [0.4, 0.5) is 0 Å². The Bertz CT molecular complexity index is 345. The highest BCUT2D eigenvalue weighted by Gasteiger charge is 2.19. The fraction of sp³-hybridized carbons (Fsp3) is 0.571. The molecule has 0 aromatic heterocycles. The second-order valence-corrected chi connectivity index (χ2v) is 5.27. The monoisotopic (exact) mass is 237 g/mol. The molecular weight excluding hydrogens is 218 g/mol. The van der Waals surface area contributed by atoms with E-state index >= 15 is 0 Å². The average Bonchev–Trinajstić information content (AvgIpc) is 3.04. The van der Waals surface area contributed by atoms with Crippen molar-refractivity contribution in [1.29, 1.82) is 0 Å². The predicted octanol–water partition coefficient (Wildman–Crippen LogP) is 3.93. The maximum atomic E-state index is 5.92. The van der Waals surface area contributed by atoms with Crippen molar-refractivity contribution in [3.63, 3.8) is 0 Å². The lowest BCUT2D eigenvalue weighted by Crippen LogP contribution is -2.15. The molecule has 0 bridgehead atoms. The molecule has 1 saturated carbocycles. The minimum atomic E-state index is 0.829. The van der Waals surface area contributed by atoms with Gasteiger partial charge in [0, 0.05) is 11.6 Å². The van der Waals surface area contributed by atoms with Gasteiger partial charge in [-0.1, -0.05) is 30.5 Å². The molecule has 1 fully saturated rings. The summed E-state index contributed by atoms with van der Waals surface area (Å²) in [5.74, 6) is 1.05. The Morgan fingerprint density at radius 3 is 2.88 bits per heavy atom. The molecular formula is C14H20ClN. The molecule has 1 N–H and O–H groups in total. The summed E-state index contributed by atoms with van der Waals surface area (Å²) in [4.78, 5) is 0. The third kappa shape index (κ3) is 3.80. The van der Waals surface area contributed by atoms with Crippen LogP contribution in [0.25, 0.3) is 0 Å². The van der Waals surface area contributed by atoms with Crippen LogP contribution < -0.4 is 5.32 Å². The van der Waals surface area contributed by atoms with Gasteiger partial charge in [-0.25, -0.2) is 0 Å². The maximum absolute atomic E-state index is 5.92. The van der Waals surface area contributed by atoms with E-state index in [1.54, 1.807) is 0 Å². The Morgan fingerprint density at radius 1 is 1.38 bits per heavy atom. The largest absolute Gasteiger partial charge is 0.313 e. The van der Waals surface area contributed by atoms with E-state index in [0.717, 1.165) is 24.0 Å². The van der Waals surface area contributed by atoms with Gasteiger partial charge in [0.25, 0.3) is 0 Å². The zero-order chi connectivity index (χ0) is 11.4. The maximum Gasteiger partial charge on any atom is 0.0408 e. The van der Waals surface area contributed by atoms with Gasteiger partial charge in [0.1, 0.15) is 0 Å². The van der Waals surface area contributed by atoms with Gasteiger partial charge in [0.15, 0.2) is 0 Å². The van der Waals surface area contributed by atoms with Crippen LogP contribution in [-0.4, -0.2) is 6.54 Å². The molecule has 16 heavy (non-hydrogen) atoms. The lowest BCUT2D eigenvalue weighted by atomic mass is 10.1. The number of hydrogen-bond donors (Lipinski definition) is 1. The lowest BCUT2D eigenvalue weighted by molar-refractivity contribution is 0.593. The van der Waals surface area contributed by atoms with Gasteiger partial charge < -0.3 is 5.32 Å². The van der Waals surface area contributed by atoms with Crippen LogP contribution >= 0.6 is 11.6 Å². The summed E-state index contributed by atoms with van der Waals surface area (Å²) in [5, 5.41) is 4.33. The second kappa shape index (κ2) is 5.70. The van der Waals surface area contributed by atoms with Crippen LogP contribution in [0.2, 0.25) is 5.02 Å². The number of aryl methyl sites for hydroxylation is 1. The summed E-state index contributed by atoms with van der Waals surface area (Å²) >= 11 is 5.92. The van der Waals surface area contributed by atoms with Crippen LogP contribution in [0.1, 0.15) is 36.8 Å². The first-order valence-corrected chi connectivity index (χ1v) is 6.59. The summed E-state index contributed by atoms with van der Waals surface area (Å²) in [6.45, 7) is 4.22. The number of benzene rings is 1. The Morgan fingerprint density at radius 2 is 2.19 bits per heavy atom. The predicted molar refractivity (Wildman–Crippen MR) is 69.9 cm³/mol. The molecule has 0 amide bonds. The van der Waals surface area contributed by atoms with Gasteiger partial charge >= 0.3 is 0 Å². The van der Waals surface area contributed by atoms with Gasteiger partial charge in [-0.15, -0.1) is 0 Å². The van der Waals surface area contributed by atoms with E-state index in [9.17, 15) is 0 Å². The molecule has 2 heteroatoms. The summed E-state index contributed by atoms with van der Waals surface area (Å²) < 4.78 is 0. The minimum Gasteiger partial charge on any atom is -0.313 e. The zero-order valence-electron chi connectivity index (χ0n) is 9.93. The zero-order valence-corrected chi connectivity index (χ0v) is 10.7. The first-order valence-electron chi connectivity index (χ1n) is 6.21. The molecule has 0 unspecified atom stereocenters. The van der Waals surface area contributed by atoms with Gasteiger partial charge in [-0.2, -0.15) is 0 Å². The van der Waals surface area contributed by atoms with Gasteiger partial charge in [-0.05, 0) is 55.5 Å². The highest BCUT2D eigenvalue weighted by atomic mass is 35.5. The van der Waals surface area contributed by atoms with Crippen LogP contribution in [0.15, 0.2) is 18.2 Å². The van der Waals surface area contributed by atoms with Crippen molar-refractivity contribution in [2.45, 2.75) is 39.2 Å². The number of rotatable bonds is 6. The normalized spacial score (nSPS) is 15.4. The summed E-state index contributed by atoms with van der Waals surface area (Å²) in [6, 6.07) is 6.12. The van der Waals surface area contributed by atoms with Crippen molar-refractivity contribution >= 4 is 11.6 Å². The first kappa shape index (κ1) is 11.9. The highest BCUT2D eigenvalue weighted by Crippen LogP contribution is 2.33. The number of hydrogen-bond acceptors (Lipinski definition) is 1. The lowest BCUT2D eigenvalue weighted by Gasteiger charge is -2.08. The highest BCUT2D eigenvalue weighted by molar-refractivity contribution is 6.30. The van der Waals surface area contributed by atoms with E-state index < -0.39 is 0 Å². The molecule has 0 saturated heterocycles. The Labute approximate surface area is 103 Å². The molecule has 0 atom stereocenters. The van der Waals surface area contributed by atoms with E-state index in [2.05, 4.69) is 18.3 Å². The quantitative estimate of drug-likeness (QED) is 0.740. The molecule has 1 aromatic rings. The van der Waals surface area contributed by atoms with Crippen molar-refractivity contribution in [3.05, 3.63) is 34.3 Å². The van der Waals surface area contributed by atoms with E-state index in [-0.39, 0.29) is 0 Å². The summed E-state index contributed by atoms with van der Waals surface area (Å²) in [6.07, 6.45) is 5.66. The van der Waals surface area contributed by atoms with E-state index in [0.29, 0.717) is 0 Å². The van der Waals surface area contributed by atoms with Crippen LogP contribution in [0.3, 0.4) is 0 Å². The molecule has 0 heterocycles. The average molecular weight is 238 g/mol. The number of nitrogens with one attached hydrogen (secondary N) is 1. The fourth-order valence-electron chi connectivity index (χ4n) is 2.00. The van der Waals surface area contributed by atoms with Gasteiger partial charge in [-0.3, -0.25) is 0 Å². The molecule has 2 rings (SSSR count). The Hall–Kier alpha value is -0.530. The number of halogens is 1. The minimum absolute atomic E-state index is 0.829. The van der Waals surface area contributed by atoms with Crippen LogP contribution in [0.5, 0.6) is 0 Å². The van der Waals surface area contributed by atoms with E-state index in [4.69, 9.17) is 11.6 Å². The Balaban J connectivity index is 1.67. The molecule has 0 spiro atoms. The van der Waals surface area contributed by atoms with Crippen molar-refractivity contribution in [3.8, 4) is 0 Å². The Kier molecular flexibility index (Phi) is 4.25. The van der Waals surface area contributed by atoms with Crippen molar-refractivity contribution < 1.29 is 0 Å². The molecule has 0 radical (unpaired) electrons. The van der Waals surface area contributed by atoms with Crippen LogP contribution in [0, 0.1) is 12.8 Å². The standard InChI is InChI=1S/C14H20ClN/c1-11-9-14(15)7-6-13(11)10-16-8-2-3-12-4-5-12/h6-7,9,12,16H,2-5,8,10H2,1H3. The van der Waals surface area contributed by atoms with Gasteiger partial charge in [0.2, 0.25) is 0 Å². The second-order valence-electron chi connectivity index (χ2n) is 4.83. The molecule has 1 nitrogen and oxygen atoms in total. The van der Waals surface area contributed by atoms with Crippen molar-refractivity contribution in [2.24, 2.45) is 5.92 Å².